The van der Waals surface area contributed by atoms with Gasteiger partial charge in [0.2, 0.25) is 17.8 Å². The van der Waals surface area contributed by atoms with Crippen LogP contribution in [0.15, 0.2) is 12.3 Å². The van der Waals surface area contributed by atoms with Crippen molar-refractivity contribution in [2.24, 2.45) is 11.3 Å². The van der Waals surface area contributed by atoms with Crippen molar-refractivity contribution in [3.63, 3.8) is 0 Å². The number of pyridine rings is 1. The zero-order chi connectivity index (χ0) is 25.3. The molecule has 1 amide bonds. The van der Waals surface area contributed by atoms with Gasteiger partial charge >= 0.3 is 6.18 Å². The predicted octanol–water partition coefficient (Wildman–Crippen LogP) is 3.82. The van der Waals surface area contributed by atoms with Crippen LogP contribution in [0.4, 0.5) is 13.2 Å². The second-order valence-corrected chi connectivity index (χ2v) is 11.1. The number of nitrogens with zero attached hydrogens (tertiary/aromatic N) is 2. The van der Waals surface area contributed by atoms with Crippen molar-refractivity contribution in [1.82, 2.24) is 10.2 Å². The molecule has 1 aromatic rings. The van der Waals surface area contributed by atoms with Crippen molar-refractivity contribution in [2.45, 2.75) is 95.4 Å². The maximum Gasteiger partial charge on any atom is 0.422 e. The Morgan fingerprint density at radius 3 is 2.42 bits per heavy atom. The standard InChI is InChI=1S/C27H39F3N3O3/c1-35-33-18-21(27(28,29)30)16-19-17-32(13-8-24(19)33)25(34)26(20-4-2-3-5-20)11-6-22(7-12-26)31-23-9-14-36-15-10-23/h16,18,20,22-23,31H,2-15,17H2,1H3/q+1. The van der Waals surface area contributed by atoms with Gasteiger partial charge in [0, 0.05) is 42.1 Å². The van der Waals surface area contributed by atoms with Gasteiger partial charge in [0.25, 0.3) is 0 Å². The molecule has 4 aliphatic rings. The molecule has 0 atom stereocenters. The van der Waals surface area contributed by atoms with Gasteiger partial charge in [-0.05, 0) is 63.4 Å². The number of alkyl halides is 3. The molecule has 1 saturated heterocycles. The molecule has 2 aliphatic heterocycles. The fourth-order valence-corrected chi connectivity index (χ4v) is 7.17. The first kappa shape index (κ1) is 25.8. The summed E-state index contributed by atoms with van der Waals surface area (Å²) in [5, 5.41) is 3.82. The zero-order valence-electron chi connectivity index (χ0n) is 21.2. The minimum Gasteiger partial charge on any atom is -0.381 e. The third-order valence-electron chi connectivity index (χ3n) is 9.15. The molecule has 3 heterocycles. The summed E-state index contributed by atoms with van der Waals surface area (Å²) < 4.78 is 47.3. The highest BCUT2D eigenvalue weighted by molar-refractivity contribution is 5.83. The van der Waals surface area contributed by atoms with Gasteiger partial charge in [-0.3, -0.25) is 9.63 Å². The third kappa shape index (κ3) is 5.10. The van der Waals surface area contributed by atoms with E-state index in [0.29, 0.717) is 42.2 Å². The van der Waals surface area contributed by atoms with E-state index in [2.05, 4.69) is 5.32 Å². The highest BCUT2D eigenvalue weighted by Gasteiger charge is 2.51. The highest BCUT2D eigenvalue weighted by Crippen LogP contribution is 2.51. The molecule has 0 aromatic carbocycles. The van der Waals surface area contributed by atoms with Gasteiger partial charge in [-0.15, -0.1) is 0 Å². The molecule has 1 N–H and O–H groups in total. The summed E-state index contributed by atoms with van der Waals surface area (Å²) in [4.78, 5) is 21.3. The Labute approximate surface area is 211 Å². The van der Waals surface area contributed by atoms with Gasteiger partial charge in [-0.25, -0.2) is 0 Å². The normalized spacial score (nSPS) is 28.2. The van der Waals surface area contributed by atoms with Gasteiger partial charge < -0.3 is 15.0 Å². The van der Waals surface area contributed by atoms with E-state index in [0.717, 1.165) is 83.6 Å². The van der Waals surface area contributed by atoms with Crippen LogP contribution in [0, 0.1) is 11.3 Å². The summed E-state index contributed by atoms with van der Waals surface area (Å²) in [6, 6.07) is 2.11. The maximum absolute atomic E-state index is 14.2. The van der Waals surface area contributed by atoms with Crippen molar-refractivity contribution in [3.05, 3.63) is 29.1 Å². The Hall–Kier alpha value is -1.87. The SMILES string of the molecule is CO[n+]1cc(C(F)(F)F)cc2c1CCN(C(=O)C1(C3CCCC3)CCC(NC3CCOCC3)CC1)C2. The van der Waals surface area contributed by atoms with Crippen LogP contribution in [-0.2, 0) is 28.7 Å². The summed E-state index contributed by atoms with van der Waals surface area (Å²) in [7, 11) is 1.37. The van der Waals surface area contributed by atoms with Crippen LogP contribution in [0.2, 0.25) is 0 Å². The average Bonchev–Trinajstić information content (AvgIpc) is 3.43. The zero-order valence-corrected chi connectivity index (χ0v) is 21.2. The summed E-state index contributed by atoms with van der Waals surface area (Å²) in [5.74, 6) is 0.534. The lowest BCUT2D eigenvalue weighted by atomic mass is 9.63. The Morgan fingerprint density at radius 1 is 1.11 bits per heavy atom. The van der Waals surface area contributed by atoms with E-state index < -0.39 is 11.7 Å². The van der Waals surface area contributed by atoms with Crippen molar-refractivity contribution < 1.29 is 32.3 Å². The van der Waals surface area contributed by atoms with Gasteiger partial charge in [-0.1, -0.05) is 12.8 Å². The summed E-state index contributed by atoms with van der Waals surface area (Å²) in [6.45, 7) is 2.34. The van der Waals surface area contributed by atoms with E-state index in [1.54, 1.807) is 0 Å². The first-order valence-electron chi connectivity index (χ1n) is 13.6. The quantitative estimate of drug-likeness (QED) is 0.612. The minimum atomic E-state index is -4.47. The highest BCUT2D eigenvalue weighted by atomic mass is 19.4. The molecule has 200 valence electrons. The van der Waals surface area contributed by atoms with Crippen LogP contribution in [0.5, 0.6) is 0 Å². The second kappa shape index (κ2) is 10.5. The van der Waals surface area contributed by atoms with Gasteiger partial charge in [0.15, 0.2) is 0 Å². The fourth-order valence-electron chi connectivity index (χ4n) is 7.17. The smallest absolute Gasteiger partial charge is 0.381 e. The molecule has 2 aliphatic carbocycles. The molecule has 3 fully saturated rings. The van der Waals surface area contributed by atoms with Crippen LogP contribution >= 0.6 is 0 Å². The lowest BCUT2D eigenvalue weighted by molar-refractivity contribution is -0.891. The Morgan fingerprint density at radius 2 is 1.78 bits per heavy atom. The topological polar surface area (TPSA) is 54.7 Å². The molecule has 5 rings (SSSR count). The van der Waals surface area contributed by atoms with E-state index in [-0.39, 0.29) is 17.9 Å². The number of aromatic nitrogens is 1. The maximum atomic E-state index is 14.2. The van der Waals surface area contributed by atoms with Crippen LogP contribution < -0.4 is 14.9 Å². The summed E-state index contributed by atoms with van der Waals surface area (Å²) in [6.07, 6.45) is 7.26. The van der Waals surface area contributed by atoms with Crippen LogP contribution in [0.3, 0.4) is 0 Å². The van der Waals surface area contributed by atoms with Crippen LogP contribution in [-0.4, -0.2) is 49.8 Å². The molecule has 0 unspecified atom stereocenters. The molecule has 36 heavy (non-hydrogen) atoms. The van der Waals surface area contributed by atoms with Crippen molar-refractivity contribution >= 4 is 5.91 Å². The number of halogens is 3. The fraction of sp³-hybridized carbons (Fsp3) is 0.778. The first-order chi connectivity index (χ1) is 17.3. The number of ether oxygens (including phenoxy) is 1. The Bertz CT molecular complexity index is 934. The van der Waals surface area contributed by atoms with Crippen molar-refractivity contribution in [1.29, 1.82) is 0 Å². The molecular formula is C27H39F3N3O3+. The molecule has 0 bridgehead atoms. The average molecular weight is 511 g/mol. The molecule has 0 radical (unpaired) electrons. The van der Waals surface area contributed by atoms with E-state index >= 15 is 0 Å². The lowest BCUT2D eigenvalue weighted by Gasteiger charge is -2.47. The number of hydrogen-bond acceptors (Lipinski definition) is 4. The van der Waals surface area contributed by atoms with E-state index in [1.807, 2.05) is 4.90 Å². The van der Waals surface area contributed by atoms with Crippen LogP contribution in [0.25, 0.3) is 0 Å². The number of nitrogens with one attached hydrogen (secondary N) is 1. The Balaban J connectivity index is 1.34. The van der Waals surface area contributed by atoms with Crippen LogP contribution in [0.1, 0.15) is 81.0 Å². The van der Waals surface area contributed by atoms with E-state index in [1.165, 1.54) is 17.9 Å². The first-order valence-corrected chi connectivity index (χ1v) is 13.6. The summed E-state index contributed by atoms with van der Waals surface area (Å²) >= 11 is 0. The predicted molar refractivity (Wildman–Crippen MR) is 127 cm³/mol. The van der Waals surface area contributed by atoms with Crippen molar-refractivity contribution in [3.8, 4) is 0 Å². The van der Waals surface area contributed by atoms with Gasteiger partial charge in [0.1, 0.15) is 12.7 Å². The minimum absolute atomic E-state index is 0.158. The number of carbonyl (C=O) groups excluding carboxylic acids is 1. The molecule has 6 nitrogen and oxygen atoms in total. The third-order valence-corrected chi connectivity index (χ3v) is 9.15. The van der Waals surface area contributed by atoms with Gasteiger partial charge in [-0.2, -0.15) is 13.2 Å². The molecule has 9 heteroatoms. The molecule has 2 saturated carbocycles. The second-order valence-electron chi connectivity index (χ2n) is 11.1. The largest absolute Gasteiger partial charge is 0.422 e. The van der Waals surface area contributed by atoms with E-state index in [9.17, 15) is 18.0 Å². The van der Waals surface area contributed by atoms with E-state index in [4.69, 9.17) is 9.57 Å². The molecular weight excluding hydrogens is 471 g/mol. The lowest BCUT2D eigenvalue weighted by Crippen LogP contribution is -2.55. The Kier molecular flexibility index (Phi) is 7.50. The van der Waals surface area contributed by atoms with Crippen molar-refractivity contribution in [2.75, 3.05) is 26.9 Å². The number of amides is 1. The number of rotatable bonds is 5. The summed E-state index contributed by atoms with van der Waals surface area (Å²) in [5.41, 5.74) is 0.111. The number of hydrogen-bond donors (Lipinski definition) is 1. The van der Waals surface area contributed by atoms with Gasteiger partial charge in [0.05, 0.1) is 18.4 Å². The molecule has 0 spiro atoms. The number of carbonyl (C=O) groups is 1. The molecule has 1 aromatic heterocycles. The number of fused-ring (bicyclic) bond motifs is 1. The monoisotopic (exact) mass is 510 g/mol.